The number of aliphatic hydroxyl groups excluding tert-OH is 2. The number of likely N-dealkylation sites (N-methyl/N-ethyl adjacent to an activating group) is 1. The molecule has 0 radical (unpaired) electrons. The molecule has 3 N–H and O–H groups in total. The maximum Gasteiger partial charge on any atom is 0.262 e. The molecular formula is C29H32N4O4S. The highest BCUT2D eigenvalue weighted by molar-refractivity contribution is 7.16. The van der Waals surface area contributed by atoms with E-state index in [1.807, 2.05) is 18.2 Å². The van der Waals surface area contributed by atoms with Gasteiger partial charge < -0.3 is 30.1 Å². The maximum atomic E-state index is 12.6. The van der Waals surface area contributed by atoms with E-state index in [1.165, 1.54) is 27.8 Å². The summed E-state index contributed by atoms with van der Waals surface area (Å²) >= 11 is 1.51. The van der Waals surface area contributed by atoms with Gasteiger partial charge in [0.25, 0.3) is 5.91 Å². The number of fused-ring (bicyclic) bond motifs is 1. The van der Waals surface area contributed by atoms with E-state index in [0.717, 1.165) is 41.5 Å². The Morgan fingerprint density at radius 1 is 1.13 bits per heavy atom. The van der Waals surface area contributed by atoms with Crippen molar-refractivity contribution in [1.29, 1.82) is 5.26 Å². The lowest BCUT2D eigenvalue weighted by molar-refractivity contribution is -0.136. The molecule has 0 unspecified atom stereocenters. The number of rotatable bonds is 6. The monoisotopic (exact) mass is 532 g/mol. The van der Waals surface area contributed by atoms with Crippen LogP contribution in [0, 0.1) is 11.3 Å². The molecule has 2 aromatic carbocycles. The Morgan fingerprint density at radius 2 is 1.89 bits per heavy atom. The molecule has 1 amide bonds. The number of nitrogens with one attached hydrogen (secondary N) is 1. The molecule has 5 rings (SSSR count). The lowest BCUT2D eigenvalue weighted by Crippen LogP contribution is -2.50. The van der Waals surface area contributed by atoms with Crippen molar-refractivity contribution in [2.75, 3.05) is 51.3 Å². The predicted molar refractivity (Wildman–Crippen MR) is 150 cm³/mol. The van der Waals surface area contributed by atoms with Gasteiger partial charge in [-0.3, -0.25) is 4.79 Å². The topological polar surface area (TPSA) is 109 Å². The molecule has 3 heterocycles. The van der Waals surface area contributed by atoms with Crippen LogP contribution in [0.4, 0.5) is 5.69 Å². The van der Waals surface area contributed by atoms with Gasteiger partial charge in [-0.1, -0.05) is 18.2 Å². The van der Waals surface area contributed by atoms with Crippen molar-refractivity contribution in [3.63, 3.8) is 0 Å². The zero-order valence-corrected chi connectivity index (χ0v) is 22.2. The summed E-state index contributed by atoms with van der Waals surface area (Å²) in [6.45, 7) is 4.54. The fourth-order valence-electron chi connectivity index (χ4n) is 4.85. The summed E-state index contributed by atoms with van der Waals surface area (Å²) in [5.41, 5.74) is 2.31. The number of nitrogens with zero attached hydrogens (tertiary/aromatic N) is 3. The van der Waals surface area contributed by atoms with Crippen LogP contribution in [0.2, 0.25) is 0 Å². The number of carbonyl (C=O) groups excluding carboxylic acids is 1. The molecule has 0 bridgehead atoms. The van der Waals surface area contributed by atoms with Gasteiger partial charge in [0, 0.05) is 54.8 Å². The highest BCUT2D eigenvalue weighted by atomic mass is 32.1. The summed E-state index contributed by atoms with van der Waals surface area (Å²) in [5.74, 6) is -0.542. The number of hydrogen-bond donors (Lipinski definition) is 3. The van der Waals surface area contributed by atoms with Crippen LogP contribution in [0.15, 0.2) is 54.1 Å². The summed E-state index contributed by atoms with van der Waals surface area (Å²) in [6, 6.07) is 18.9. The molecular weight excluding hydrogens is 500 g/mol. The number of thiophene rings is 1. The van der Waals surface area contributed by atoms with Gasteiger partial charge in [0.05, 0.1) is 6.10 Å². The van der Waals surface area contributed by atoms with Crippen LogP contribution in [0.3, 0.4) is 0 Å². The Labute approximate surface area is 226 Å². The molecule has 0 spiro atoms. The van der Waals surface area contributed by atoms with Crippen LogP contribution in [0.25, 0.3) is 27.3 Å². The summed E-state index contributed by atoms with van der Waals surface area (Å²) in [7, 11) is 2.16. The lowest BCUT2D eigenvalue weighted by Gasteiger charge is -2.34. The second-order valence-electron chi connectivity index (χ2n) is 9.87. The van der Waals surface area contributed by atoms with Crippen molar-refractivity contribution in [1.82, 2.24) is 10.2 Å². The van der Waals surface area contributed by atoms with Gasteiger partial charge in [0.2, 0.25) is 0 Å². The normalized spacial score (nSPS) is 22.8. The van der Waals surface area contributed by atoms with Crippen LogP contribution >= 0.6 is 11.3 Å². The number of anilines is 1. The highest BCUT2D eigenvalue weighted by Crippen LogP contribution is 2.33. The molecule has 38 heavy (non-hydrogen) atoms. The number of benzene rings is 2. The van der Waals surface area contributed by atoms with E-state index in [0.29, 0.717) is 13.0 Å². The standard InChI is InChI=1S/C29H32N4O4S/c1-32-9-11-33(12-10-32)23-5-4-19-14-21(3-2-20(19)15-23)27-7-6-24(38-27)16-22(17-30)29(36)31-18-26-28(35)25(34)8-13-37-26/h2-7,14-16,25-26,28,34-35H,8-13,18H2,1H3,(H,31,36)/b22-16+/t25-,26-,28+/m1/s1. The molecule has 8 nitrogen and oxygen atoms in total. The Hall–Kier alpha value is -3.26. The first kappa shape index (κ1) is 26.4. The van der Waals surface area contributed by atoms with Crippen molar-refractivity contribution < 1.29 is 19.7 Å². The number of amides is 1. The Kier molecular flexibility index (Phi) is 8.07. The molecule has 0 aliphatic carbocycles. The lowest BCUT2D eigenvalue weighted by atomic mass is 10.0. The predicted octanol–water partition coefficient (Wildman–Crippen LogP) is 2.85. The van der Waals surface area contributed by atoms with Crippen molar-refractivity contribution in [2.45, 2.75) is 24.7 Å². The van der Waals surface area contributed by atoms with Crippen molar-refractivity contribution in [3.8, 4) is 16.5 Å². The van der Waals surface area contributed by atoms with Crippen LogP contribution in [-0.4, -0.2) is 85.7 Å². The van der Waals surface area contributed by atoms with E-state index in [1.54, 1.807) is 6.08 Å². The van der Waals surface area contributed by atoms with Gasteiger partial charge in [-0.2, -0.15) is 5.26 Å². The SMILES string of the molecule is CN1CCN(c2ccc3cc(-c4ccc(/C=C(\C#N)C(=O)NC[C@H]5OCC[C@@H](O)[C@@H]5O)s4)ccc3c2)CC1. The van der Waals surface area contributed by atoms with E-state index in [2.05, 4.69) is 58.6 Å². The molecule has 3 aromatic rings. The van der Waals surface area contributed by atoms with E-state index in [-0.39, 0.29) is 12.1 Å². The second kappa shape index (κ2) is 11.6. The summed E-state index contributed by atoms with van der Waals surface area (Å²) < 4.78 is 5.44. The second-order valence-corrected chi connectivity index (χ2v) is 11.0. The average molecular weight is 533 g/mol. The number of aliphatic hydroxyl groups is 2. The minimum Gasteiger partial charge on any atom is -0.390 e. The number of piperazine rings is 1. The molecule has 1 aromatic heterocycles. The third-order valence-electron chi connectivity index (χ3n) is 7.24. The molecule has 198 valence electrons. The van der Waals surface area contributed by atoms with Gasteiger partial charge in [-0.25, -0.2) is 0 Å². The summed E-state index contributed by atoms with van der Waals surface area (Å²) in [5, 5.41) is 34.4. The molecule has 9 heteroatoms. The summed E-state index contributed by atoms with van der Waals surface area (Å²) in [4.78, 5) is 19.2. The molecule has 2 aliphatic rings. The van der Waals surface area contributed by atoms with Crippen LogP contribution in [-0.2, 0) is 9.53 Å². The minimum absolute atomic E-state index is 0.0133. The third-order valence-corrected chi connectivity index (χ3v) is 8.32. The molecule has 2 fully saturated rings. The average Bonchev–Trinajstić information content (AvgIpc) is 3.41. The Bertz CT molecular complexity index is 1370. The van der Waals surface area contributed by atoms with E-state index < -0.39 is 24.2 Å². The third kappa shape index (κ3) is 5.90. The summed E-state index contributed by atoms with van der Waals surface area (Å²) in [6.07, 6.45) is -0.736. The van der Waals surface area contributed by atoms with Crippen molar-refractivity contribution in [3.05, 3.63) is 59.0 Å². The quantitative estimate of drug-likeness (QED) is 0.331. The molecule has 3 atom stereocenters. The first-order chi connectivity index (χ1) is 18.4. The molecule has 2 aliphatic heterocycles. The van der Waals surface area contributed by atoms with Gasteiger partial charge in [-0.15, -0.1) is 11.3 Å². The largest absolute Gasteiger partial charge is 0.390 e. The van der Waals surface area contributed by atoms with Crippen molar-refractivity contribution >= 4 is 39.8 Å². The zero-order chi connectivity index (χ0) is 26.6. The number of carbonyl (C=O) groups is 1. The fraction of sp³-hybridized carbons (Fsp3) is 0.379. The van der Waals surface area contributed by atoms with E-state index >= 15 is 0 Å². The molecule has 2 saturated heterocycles. The van der Waals surface area contributed by atoms with E-state index in [4.69, 9.17) is 4.74 Å². The maximum absolute atomic E-state index is 12.6. The van der Waals surface area contributed by atoms with Gasteiger partial charge in [-0.05, 0) is 66.2 Å². The van der Waals surface area contributed by atoms with Crippen LogP contribution < -0.4 is 10.2 Å². The molecule has 0 saturated carbocycles. The Morgan fingerprint density at radius 3 is 2.68 bits per heavy atom. The fourth-order valence-corrected chi connectivity index (χ4v) is 5.80. The van der Waals surface area contributed by atoms with Crippen molar-refractivity contribution in [2.24, 2.45) is 0 Å². The zero-order valence-electron chi connectivity index (χ0n) is 21.3. The van der Waals surface area contributed by atoms with Gasteiger partial charge >= 0.3 is 0 Å². The first-order valence-electron chi connectivity index (χ1n) is 12.9. The van der Waals surface area contributed by atoms with E-state index in [9.17, 15) is 20.3 Å². The number of nitriles is 1. The number of ether oxygens (including phenoxy) is 1. The van der Waals surface area contributed by atoms with Gasteiger partial charge in [0.1, 0.15) is 23.9 Å². The number of hydrogen-bond acceptors (Lipinski definition) is 8. The first-order valence-corrected chi connectivity index (χ1v) is 13.7. The van der Waals surface area contributed by atoms with Crippen LogP contribution in [0.1, 0.15) is 11.3 Å². The highest BCUT2D eigenvalue weighted by Gasteiger charge is 2.31. The Balaban J connectivity index is 1.26. The van der Waals surface area contributed by atoms with Crippen LogP contribution in [0.5, 0.6) is 0 Å². The minimum atomic E-state index is -1.07. The van der Waals surface area contributed by atoms with Gasteiger partial charge in [0.15, 0.2) is 0 Å². The smallest absolute Gasteiger partial charge is 0.262 e.